The van der Waals surface area contributed by atoms with Crippen LogP contribution in [0, 0.1) is 11.6 Å². The van der Waals surface area contributed by atoms with Gasteiger partial charge < -0.3 is 9.73 Å². The molecule has 3 nitrogen and oxygen atoms in total. The van der Waals surface area contributed by atoms with Gasteiger partial charge in [0.2, 0.25) is 0 Å². The third-order valence-corrected chi connectivity index (χ3v) is 2.52. The smallest absolute Gasteiger partial charge is 0.196 e. The van der Waals surface area contributed by atoms with Gasteiger partial charge >= 0.3 is 0 Å². The van der Waals surface area contributed by atoms with E-state index >= 15 is 0 Å². The first-order chi connectivity index (χ1) is 8.70. The van der Waals surface area contributed by atoms with Crippen molar-refractivity contribution in [2.24, 2.45) is 0 Å². The van der Waals surface area contributed by atoms with Gasteiger partial charge in [-0.3, -0.25) is 0 Å². The highest BCUT2D eigenvalue weighted by molar-refractivity contribution is 5.56. The number of likely N-dealkylation sites (N-methyl/N-ethyl adjacent to an activating group) is 1. The third-order valence-electron chi connectivity index (χ3n) is 2.52. The molecule has 2 aromatic rings. The van der Waals surface area contributed by atoms with Gasteiger partial charge in [0.05, 0.1) is 6.20 Å². The molecule has 18 heavy (non-hydrogen) atoms. The lowest BCUT2D eigenvalue weighted by Crippen LogP contribution is -2.16. The Balaban J connectivity index is 2.11. The molecular weight excluding hydrogens is 238 g/mol. The number of nitrogens with one attached hydrogen (secondary N) is 1. The van der Waals surface area contributed by atoms with Crippen LogP contribution in [-0.2, 0) is 6.42 Å². The van der Waals surface area contributed by atoms with Crippen molar-refractivity contribution >= 4 is 0 Å². The van der Waals surface area contributed by atoms with Gasteiger partial charge in [-0.05, 0) is 24.7 Å². The largest absolute Gasteiger partial charge is 0.441 e. The number of halogens is 2. The van der Waals surface area contributed by atoms with Gasteiger partial charge in [-0.15, -0.1) is 0 Å². The van der Waals surface area contributed by atoms with Gasteiger partial charge in [0.15, 0.2) is 23.3 Å². The van der Waals surface area contributed by atoms with Crippen molar-refractivity contribution in [2.45, 2.75) is 13.3 Å². The Hall–Kier alpha value is -1.75. The molecular formula is C13H14F2N2O. The molecule has 1 N–H and O–H groups in total. The molecule has 0 atom stereocenters. The molecule has 0 amide bonds. The second-order valence-electron chi connectivity index (χ2n) is 3.85. The second-order valence-corrected chi connectivity index (χ2v) is 3.85. The summed E-state index contributed by atoms with van der Waals surface area (Å²) in [5.74, 6) is -0.736. The topological polar surface area (TPSA) is 38.1 Å². The number of benzene rings is 1. The van der Waals surface area contributed by atoms with E-state index in [-0.39, 0.29) is 0 Å². The minimum atomic E-state index is -0.891. The van der Waals surface area contributed by atoms with Crippen molar-refractivity contribution in [2.75, 3.05) is 13.1 Å². The quantitative estimate of drug-likeness (QED) is 0.831. The van der Waals surface area contributed by atoms with E-state index in [4.69, 9.17) is 4.42 Å². The highest BCUT2D eigenvalue weighted by Crippen LogP contribution is 2.22. The Labute approximate surface area is 104 Å². The Bertz CT molecular complexity index is 525. The Kier molecular flexibility index (Phi) is 4.04. The van der Waals surface area contributed by atoms with E-state index in [0.29, 0.717) is 23.6 Å². The predicted molar refractivity (Wildman–Crippen MR) is 64.1 cm³/mol. The number of rotatable bonds is 5. The molecule has 0 aliphatic rings. The first-order valence-corrected chi connectivity index (χ1v) is 5.81. The van der Waals surface area contributed by atoms with Crippen LogP contribution in [0.2, 0.25) is 0 Å². The Morgan fingerprint density at radius 3 is 2.83 bits per heavy atom. The highest BCUT2D eigenvalue weighted by atomic mass is 19.2. The molecule has 0 unspecified atom stereocenters. The molecule has 0 bridgehead atoms. The Morgan fingerprint density at radius 1 is 1.28 bits per heavy atom. The lowest BCUT2D eigenvalue weighted by molar-refractivity contribution is 0.493. The summed E-state index contributed by atoms with van der Waals surface area (Å²) < 4.78 is 31.3. The molecule has 0 fully saturated rings. The Morgan fingerprint density at radius 2 is 2.11 bits per heavy atom. The van der Waals surface area contributed by atoms with Crippen LogP contribution in [0.3, 0.4) is 0 Å². The van der Waals surface area contributed by atoms with Gasteiger partial charge in [0.25, 0.3) is 0 Å². The molecule has 5 heteroatoms. The first-order valence-electron chi connectivity index (χ1n) is 5.81. The zero-order chi connectivity index (χ0) is 13.0. The van der Waals surface area contributed by atoms with Crippen LogP contribution in [0.1, 0.15) is 12.8 Å². The minimum Gasteiger partial charge on any atom is -0.441 e. The first kappa shape index (κ1) is 12.7. The SMILES string of the molecule is CCNCCc1ncc(-c2ccc(F)c(F)c2)o1. The fraction of sp³-hybridized carbons (Fsp3) is 0.308. The van der Waals surface area contributed by atoms with E-state index in [2.05, 4.69) is 10.3 Å². The van der Waals surface area contributed by atoms with Gasteiger partial charge in [0, 0.05) is 18.5 Å². The maximum Gasteiger partial charge on any atom is 0.196 e. The molecule has 2 rings (SSSR count). The van der Waals surface area contributed by atoms with E-state index in [9.17, 15) is 8.78 Å². The molecule has 96 valence electrons. The van der Waals surface area contributed by atoms with Gasteiger partial charge in [-0.2, -0.15) is 0 Å². The van der Waals surface area contributed by atoms with Gasteiger partial charge in [-0.25, -0.2) is 13.8 Å². The summed E-state index contributed by atoms with van der Waals surface area (Å²) in [7, 11) is 0. The minimum absolute atomic E-state index is 0.445. The third kappa shape index (κ3) is 2.92. The van der Waals surface area contributed by atoms with Crippen molar-refractivity contribution in [3.05, 3.63) is 41.9 Å². The van der Waals surface area contributed by atoms with E-state index in [1.807, 2.05) is 6.92 Å². The van der Waals surface area contributed by atoms with E-state index < -0.39 is 11.6 Å². The van der Waals surface area contributed by atoms with Crippen LogP contribution in [-0.4, -0.2) is 18.1 Å². The fourth-order valence-electron chi connectivity index (χ4n) is 1.58. The lowest BCUT2D eigenvalue weighted by Gasteiger charge is -1.98. The average molecular weight is 252 g/mol. The van der Waals surface area contributed by atoms with Crippen molar-refractivity contribution in [1.29, 1.82) is 0 Å². The summed E-state index contributed by atoms with van der Waals surface area (Å²) in [6, 6.07) is 3.64. The number of hydrogen-bond donors (Lipinski definition) is 1. The van der Waals surface area contributed by atoms with Crippen molar-refractivity contribution in [1.82, 2.24) is 10.3 Å². The predicted octanol–water partition coefficient (Wildman–Crippen LogP) is 2.77. The monoisotopic (exact) mass is 252 g/mol. The summed E-state index contributed by atoms with van der Waals surface area (Å²) >= 11 is 0. The summed E-state index contributed by atoms with van der Waals surface area (Å²) in [4.78, 5) is 4.09. The maximum atomic E-state index is 13.1. The zero-order valence-corrected chi connectivity index (χ0v) is 10.0. The molecule has 0 saturated heterocycles. The molecule has 1 heterocycles. The summed E-state index contributed by atoms with van der Waals surface area (Å²) in [5, 5.41) is 3.15. The van der Waals surface area contributed by atoms with Gasteiger partial charge in [-0.1, -0.05) is 6.92 Å². The average Bonchev–Trinajstić information content (AvgIpc) is 2.82. The molecule has 0 saturated carbocycles. The second kappa shape index (κ2) is 5.73. The highest BCUT2D eigenvalue weighted by Gasteiger charge is 2.09. The van der Waals surface area contributed by atoms with Crippen LogP contribution in [0.5, 0.6) is 0 Å². The summed E-state index contributed by atoms with van der Waals surface area (Å²) in [6.45, 7) is 3.67. The number of hydrogen-bond acceptors (Lipinski definition) is 3. The van der Waals surface area contributed by atoms with E-state index in [0.717, 1.165) is 25.2 Å². The van der Waals surface area contributed by atoms with E-state index in [1.54, 1.807) is 0 Å². The molecule has 0 spiro atoms. The summed E-state index contributed by atoms with van der Waals surface area (Å²) in [5.41, 5.74) is 0.483. The van der Waals surface area contributed by atoms with Crippen LogP contribution in [0.25, 0.3) is 11.3 Å². The normalized spacial score (nSPS) is 10.8. The van der Waals surface area contributed by atoms with Crippen LogP contribution in [0.15, 0.2) is 28.8 Å². The zero-order valence-electron chi connectivity index (χ0n) is 10.0. The molecule has 1 aromatic carbocycles. The molecule has 0 aliphatic carbocycles. The van der Waals surface area contributed by atoms with Crippen LogP contribution >= 0.6 is 0 Å². The number of aromatic nitrogens is 1. The summed E-state index contributed by atoms with van der Waals surface area (Å²) in [6.07, 6.45) is 2.19. The van der Waals surface area contributed by atoms with Crippen molar-refractivity contribution < 1.29 is 13.2 Å². The van der Waals surface area contributed by atoms with Gasteiger partial charge in [0.1, 0.15) is 0 Å². The molecule has 0 radical (unpaired) electrons. The maximum absolute atomic E-state index is 13.1. The number of oxazole rings is 1. The van der Waals surface area contributed by atoms with Crippen LogP contribution in [0.4, 0.5) is 8.78 Å². The van der Waals surface area contributed by atoms with Crippen molar-refractivity contribution in [3.8, 4) is 11.3 Å². The fourth-order valence-corrected chi connectivity index (χ4v) is 1.58. The standard InChI is InChI=1S/C13H14F2N2O/c1-2-16-6-5-13-17-8-12(18-13)9-3-4-10(14)11(15)7-9/h3-4,7-8,16H,2,5-6H2,1H3. The van der Waals surface area contributed by atoms with E-state index in [1.165, 1.54) is 12.3 Å². The van der Waals surface area contributed by atoms with Crippen molar-refractivity contribution in [3.63, 3.8) is 0 Å². The number of nitrogens with zero attached hydrogens (tertiary/aromatic N) is 1. The molecule has 0 aliphatic heterocycles. The molecule has 1 aromatic heterocycles. The van der Waals surface area contributed by atoms with Crippen LogP contribution < -0.4 is 5.32 Å². The lowest BCUT2D eigenvalue weighted by atomic mass is 10.2.